The van der Waals surface area contributed by atoms with Gasteiger partial charge in [-0.05, 0) is 18.1 Å². The number of rotatable bonds is 5. The summed E-state index contributed by atoms with van der Waals surface area (Å²) in [5, 5.41) is 27.7. The topological polar surface area (TPSA) is 113 Å². The number of carboxylic acid groups (broad SMARTS) is 2. The summed E-state index contributed by atoms with van der Waals surface area (Å²) in [6, 6.07) is 4.28. The van der Waals surface area contributed by atoms with Gasteiger partial charge in [0.15, 0.2) is 0 Å². The lowest BCUT2D eigenvalue weighted by molar-refractivity contribution is -0.384. The van der Waals surface area contributed by atoms with Crippen molar-refractivity contribution in [2.24, 2.45) is 0 Å². The Morgan fingerprint density at radius 2 is 2.00 bits per heavy atom. The third-order valence-corrected chi connectivity index (χ3v) is 3.27. The van der Waals surface area contributed by atoms with Crippen LogP contribution in [0.2, 0.25) is 0 Å². The molecule has 0 radical (unpaired) electrons. The molecule has 1 aromatic rings. The Labute approximate surface area is 131 Å². The Morgan fingerprint density at radius 3 is 2.43 bits per heavy atom. The van der Waals surface area contributed by atoms with Crippen molar-refractivity contribution >= 4 is 17.5 Å². The van der Waals surface area contributed by atoms with Gasteiger partial charge in [-0.3, -0.25) is 10.1 Å². The standard InChI is InChI=1S/C13H16F2N2O2.CH2O3/c1-2-3-9-6-11(17(18)19)4-5-12(9)16-10-7-13(14,15)8-10;2-1(3)4/h4-6,10,16H,2-3,7-8H2,1H3;(H2,2,3,4). The molecule has 0 amide bonds. The number of nitrogens with one attached hydrogen (secondary N) is 1. The lowest BCUT2D eigenvalue weighted by Crippen LogP contribution is -2.44. The van der Waals surface area contributed by atoms with Crippen molar-refractivity contribution in [3.05, 3.63) is 33.9 Å². The number of nitrogens with zero attached hydrogens (tertiary/aromatic N) is 1. The Bertz CT molecular complexity index is 568. The van der Waals surface area contributed by atoms with Crippen LogP contribution < -0.4 is 5.32 Å². The molecule has 0 aliphatic heterocycles. The van der Waals surface area contributed by atoms with Gasteiger partial charge in [0.1, 0.15) is 0 Å². The van der Waals surface area contributed by atoms with Crippen molar-refractivity contribution < 1.29 is 28.7 Å². The molecule has 23 heavy (non-hydrogen) atoms. The molecule has 128 valence electrons. The summed E-state index contributed by atoms with van der Waals surface area (Å²) in [7, 11) is 0. The third-order valence-electron chi connectivity index (χ3n) is 3.27. The van der Waals surface area contributed by atoms with Gasteiger partial charge in [-0.1, -0.05) is 13.3 Å². The molecule has 0 atom stereocenters. The van der Waals surface area contributed by atoms with E-state index in [9.17, 15) is 18.9 Å². The van der Waals surface area contributed by atoms with Crippen LogP contribution >= 0.6 is 0 Å². The van der Waals surface area contributed by atoms with Gasteiger partial charge in [-0.2, -0.15) is 0 Å². The van der Waals surface area contributed by atoms with Crippen LogP contribution in [0.1, 0.15) is 31.7 Å². The lowest BCUT2D eigenvalue weighted by Gasteiger charge is -2.36. The molecule has 0 bridgehead atoms. The zero-order chi connectivity index (χ0) is 17.6. The minimum Gasteiger partial charge on any atom is -0.450 e. The number of alkyl halides is 2. The predicted octanol–water partition coefficient (Wildman–Crippen LogP) is 3.98. The van der Waals surface area contributed by atoms with Crippen molar-refractivity contribution in [3.63, 3.8) is 0 Å². The molecule has 0 aromatic heterocycles. The van der Waals surface area contributed by atoms with E-state index in [2.05, 4.69) is 5.32 Å². The fourth-order valence-corrected chi connectivity index (χ4v) is 2.29. The Morgan fingerprint density at radius 1 is 1.43 bits per heavy atom. The zero-order valence-electron chi connectivity index (χ0n) is 12.5. The van der Waals surface area contributed by atoms with E-state index < -0.39 is 17.0 Å². The van der Waals surface area contributed by atoms with Crippen LogP contribution in [0.25, 0.3) is 0 Å². The second-order valence-corrected chi connectivity index (χ2v) is 5.24. The summed E-state index contributed by atoms with van der Waals surface area (Å²) in [6.45, 7) is 1.97. The number of benzene rings is 1. The van der Waals surface area contributed by atoms with Crippen LogP contribution in [0.15, 0.2) is 18.2 Å². The van der Waals surface area contributed by atoms with E-state index in [1.807, 2.05) is 6.92 Å². The third kappa shape index (κ3) is 6.05. The minimum absolute atomic E-state index is 0.0351. The van der Waals surface area contributed by atoms with Crippen molar-refractivity contribution in [2.75, 3.05) is 5.32 Å². The molecule has 0 heterocycles. The number of anilines is 1. The molecule has 1 fully saturated rings. The fraction of sp³-hybridized carbons (Fsp3) is 0.500. The summed E-state index contributed by atoms with van der Waals surface area (Å²) in [5.74, 6) is -2.57. The maximum absolute atomic E-state index is 12.8. The lowest BCUT2D eigenvalue weighted by atomic mass is 9.87. The van der Waals surface area contributed by atoms with E-state index in [1.165, 1.54) is 12.1 Å². The number of non-ortho nitro benzene ring substituents is 1. The highest BCUT2D eigenvalue weighted by Gasteiger charge is 2.45. The number of hydrogen-bond donors (Lipinski definition) is 3. The molecular weight excluding hydrogens is 314 g/mol. The summed E-state index contributed by atoms with van der Waals surface area (Å²) < 4.78 is 25.6. The molecule has 7 nitrogen and oxygen atoms in total. The normalized spacial score (nSPS) is 15.8. The number of halogens is 2. The minimum atomic E-state index is -2.57. The summed E-state index contributed by atoms with van der Waals surface area (Å²) in [5.41, 5.74) is 1.58. The predicted molar refractivity (Wildman–Crippen MR) is 79.3 cm³/mol. The first-order chi connectivity index (χ1) is 10.6. The monoisotopic (exact) mass is 332 g/mol. The van der Waals surface area contributed by atoms with Crippen LogP contribution in [0.3, 0.4) is 0 Å². The van der Waals surface area contributed by atoms with Gasteiger partial charge in [0.25, 0.3) is 11.6 Å². The van der Waals surface area contributed by atoms with Crippen molar-refractivity contribution in [2.45, 2.75) is 44.6 Å². The van der Waals surface area contributed by atoms with E-state index in [1.54, 1.807) is 6.07 Å². The highest BCUT2D eigenvalue weighted by atomic mass is 19.3. The molecule has 1 saturated carbocycles. The van der Waals surface area contributed by atoms with E-state index in [-0.39, 0.29) is 24.6 Å². The Kier molecular flexibility index (Phi) is 6.23. The average molecular weight is 332 g/mol. The quantitative estimate of drug-likeness (QED) is 0.555. The van der Waals surface area contributed by atoms with Crippen LogP contribution in [-0.4, -0.2) is 33.3 Å². The first-order valence-corrected chi connectivity index (χ1v) is 6.98. The zero-order valence-corrected chi connectivity index (χ0v) is 12.5. The first-order valence-electron chi connectivity index (χ1n) is 6.98. The second-order valence-electron chi connectivity index (χ2n) is 5.24. The molecule has 9 heteroatoms. The van der Waals surface area contributed by atoms with Gasteiger partial charge >= 0.3 is 6.16 Å². The molecule has 0 saturated heterocycles. The van der Waals surface area contributed by atoms with Gasteiger partial charge in [0.05, 0.1) is 4.92 Å². The molecule has 2 rings (SSSR count). The summed E-state index contributed by atoms with van der Waals surface area (Å²) >= 11 is 0. The number of nitro benzene ring substituents is 1. The molecule has 0 unspecified atom stereocenters. The van der Waals surface area contributed by atoms with Crippen LogP contribution in [-0.2, 0) is 6.42 Å². The Hall–Kier alpha value is -2.45. The van der Waals surface area contributed by atoms with Gasteiger partial charge < -0.3 is 15.5 Å². The van der Waals surface area contributed by atoms with Crippen LogP contribution in [0.4, 0.5) is 25.0 Å². The SMILES string of the molecule is CCCc1cc([N+](=O)[O-])ccc1NC1CC(F)(F)C1.O=C(O)O. The molecule has 3 N–H and O–H groups in total. The average Bonchev–Trinajstić information content (AvgIpc) is 2.38. The molecule has 1 aliphatic rings. The molecule has 0 spiro atoms. The highest BCUT2D eigenvalue weighted by molar-refractivity contribution is 5.57. The highest BCUT2D eigenvalue weighted by Crippen LogP contribution is 2.39. The van der Waals surface area contributed by atoms with Crippen LogP contribution in [0, 0.1) is 10.1 Å². The van der Waals surface area contributed by atoms with Crippen molar-refractivity contribution in [1.82, 2.24) is 0 Å². The number of hydrogen-bond acceptors (Lipinski definition) is 4. The second kappa shape index (κ2) is 7.70. The maximum atomic E-state index is 12.8. The largest absolute Gasteiger partial charge is 0.503 e. The van der Waals surface area contributed by atoms with E-state index in [0.717, 1.165) is 17.7 Å². The van der Waals surface area contributed by atoms with Gasteiger partial charge in [-0.25, -0.2) is 13.6 Å². The molecule has 1 aliphatic carbocycles. The van der Waals surface area contributed by atoms with E-state index in [4.69, 9.17) is 15.0 Å². The first kappa shape index (κ1) is 18.6. The number of aryl methyl sites for hydroxylation is 1. The molecule has 1 aromatic carbocycles. The van der Waals surface area contributed by atoms with Gasteiger partial charge in [-0.15, -0.1) is 0 Å². The van der Waals surface area contributed by atoms with Crippen molar-refractivity contribution in [3.8, 4) is 0 Å². The van der Waals surface area contributed by atoms with Crippen molar-refractivity contribution in [1.29, 1.82) is 0 Å². The van der Waals surface area contributed by atoms with Crippen LogP contribution in [0.5, 0.6) is 0 Å². The van der Waals surface area contributed by atoms with Gasteiger partial charge in [0, 0.05) is 36.7 Å². The number of carbonyl (C=O) groups is 1. The summed E-state index contributed by atoms with van der Waals surface area (Å²) in [4.78, 5) is 18.8. The molecular formula is C14H18F2N2O5. The number of nitro groups is 1. The Balaban J connectivity index is 0.000000593. The maximum Gasteiger partial charge on any atom is 0.503 e. The fourth-order valence-electron chi connectivity index (χ4n) is 2.29. The smallest absolute Gasteiger partial charge is 0.450 e. The van der Waals surface area contributed by atoms with E-state index >= 15 is 0 Å². The van der Waals surface area contributed by atoms with E-state index in [0.29, 0.717) is 6.42 Å². The summed E-state index contributed by atoms with van der Waals surface area (Å²) in [6.07, 6.45) is -0.644. The van der Waals surface area contributed by atoms with Gasteiger partial charge in [0.2, 0.25) is 0 Å².